The van der Waals surface area contributed by atoms with Crippen molar-refractivity contribution in [3.8, 4) is 0 Å². The van der Waals surface area contributed by atoms with Crippen molar-refractivity contribution < 1.29 is 14.6 Å². The number of hydrogen-bond donors (Lipinski definition) is 2. The van der Waals surface area contributed by atoms with E-state index in [-0.39, 0.29) is 11.2 Å². The highest BCUT2D eigenvalue weighted by Crippen LogP contribution is 2.26. The molecular formula is C12H16N2O3. The molecule has 0 aromatic carbocycles. The monoisotopic (exact) mass is 236 g/mol. The number of carboxylic acids is 1. The van der Waals surface area contributed by atoms with Gasteiger partial charge in [0.05, 0.1) is 11.3 Å². The highest BCUT2D eigenvalue weighted by molar-refractivity contribution is 5.93. The first-order chi connectivity index (χ1) is 8.11. The largest absolute Gasteiger partial charge is 0.478 e. The summed E-state index contributed by atoms with van der Waals surface area (Å²) < 4.78 is 5.64. The summed E-state index contributed by atoms with van der Waals surface area (Å²) in [5, 5.41) is 12.1. The van der Waals surface area contributed by atoms with Crippen molar-refractivity contribution in [2.75, 3.05) is 18.5 Å². The third kappa shape index (κ3) is 2.74. The summed E-state index contributed by atoms with van der Waals surface area (Å²) in [6.45, 7) is 3.42. The van der Waals surface area contributed by atoms with Gasteiger partial charge >= 0.3 is 5.97 Å². The second-order valence-electron chi connectivity index (χ2n) is 4.48. The van der Waals surface area contributed by atoms with Crippen LogP contribution in [0.4, 0.5) is 5.69 Å². The minimum Gasteiger partial charge on any atom is -0.478 e. The van der Waals surface area contributed by atoms with Gasteiger partial charge in [-0.1, -0.05) is 0 Å². The van der Waals surface area contributed by atoms with E-state index in [0.29, 0.717) is 12.2 Å². The van der Waals surface area contributed by atoms with Crippen molar-refractivity contribution >= 4 is 11.7 Å². The predicted octanol–water partition coefficient (Wildman–Crippen LogP) is 1.76. The van der Waals surface area contributed by atoms with Crippen LogP contribution in [-0.2, 0) is 4.74 Å². The number of aromatic nitrogens is 1. The van der Waals surface area contributed by atoms with E-state index in [1.165, 1.54) is 6.20 Å². The Morgan fingerprint density at radius 2 is 2.53 bits per heavy atom. The summed E-state index contributed by atoms with van der Waals surface area (Å²) in [6, 6.07) is 1.67. The molecule has 0 amide bonds. The summed E-state index contributed by atoms with van der Waals surface area (Å²) in [6.07, 6.45) is 4.98. The summed E-state index contributed by atoms with van der Waals surface area (Å²) in [5.41, 5.74) is 0.581. The topological polar surface area (TPSA) is 71.5 Å². The third-order valence-electron chi connectivity index (χ3n) is 3.00. The number of pyridine rings is 1. The molecule has 0 spiro atoms. The molecule has 2 rings (SSSR count). The number of aromatic carboxylic acids is 1. The minimum atomic E-state index is -0.974. The van der Waals surface area contributed by atoms with E-state index in [0.717, 1.165) is 19.4 Å². The van der Waals surface area contributed by atoms with Crippen LogP contribution in [0.25, 0.3) is 0 Å². The highest BCUT2D eigenvalue weighted by atomic mass is 16.5. The zero-order chi connectivity index (χ0) is 12.3. The number of ether oxygens (including phenoxy) is 1. The van der Waals surface area contributed by atoms with E-state index in [1.54, 1.807) is 12.3 Å². The Hall–Kier alpha value is -1.62. The summed E-state index contributed by atoms with van der Waals surface area (Å²) >= 11 is 0. The number of nitrogens with one attached hydrogen (secondary N) is 1. The SMILES string of the molecule is CC1(CNc2ccncc2C(=O)O)CCCO1. The Balaban J connectivity index is 2.06. The third-order valence-corrected chi connectivity index (χ3v) is 3.00. The molecular weight excluding hydrogens is 220 g/mol. The van der Waals surface area contributed by atoms with Crippen LogP contribution in [0.3, 0.4) is 0 Å². The molecule has 2 N–H and O–H groups in total. The lowest BCUT2D eigenvalue weighted by Gasteiger charge is -2.24. The molecule has 1 aliphatic heterocycles. The van der Waals surface area contributed by atoms with E-state index >= 15 is 0 Å². The van der Waals surface area contributed by atoms with E-state index < -0.39 is 5.97 Å². The predicted molar refractivity (Wildman–Crippen MR) is 63.3 cm³/mol. The summed E-state index contributed by atoms with van der Waals surface area (Å²) in [7, 11) is 0. The average Bonchev–Trinajstić information content (AvgIpc) is 2.74. The van der Waals surface area contributed by atoms with Crippen molar-refractivity contribution in [2.24, 2.45) is 0 Å². The van der Waals surface area contributed by atoms with Crippen LogP contribution in [0.5, 0.6) is 0 Å². The molecule has 1 fully saturated rings. The Labute approximate surface area is 99.8 Å². The normalized spacial score (nSPS) is 23.6. The molecule has 0 radical (unpaired) electrons. The van der Waals surface area contributed by atoms with Gasteiger partial charge in [-0.2, -0.15) is 0 Å². The maximum absolute atomic E-state index is 11.0. The van der Waals surface area contributed by atoms with Crippen molar-refractivity contribution in [1.82, 2.24) is 4.98 Å². The van der Waals surface area contributed by atoms with Gasteiger partial charge in [-0.05, 0) is 25.8 Å². The van der Waals surface area contributed by atoms with Crippen molar-refractivity contribution in [2.45, 2.75) is 25.4 Å². The van der Waals surface area contributed by atoms with Crippen LogP contribution >= 0.6 is 0 Å². The first-order valence-electron chi connectivity index (χ1n) is 5.66. The summed E-state index contributed by atoms with van der Waals surface area (Å²) in [4.78, 5) is 14.8. The van der Waals surface area contributed by atoms with Crippen LogP contribution < -0.4 is 5.32 Å². The van der Waals surface area contributed by atoms with Gasteiger partial charge < -0.3 is 15.2 Å². The molecule has 5 heteroatoms. The number of carboxylic acid groups (broad SMARTS) is 1. The standard InChI is InChI=1S/C12H16N2O3/c1-12(4-2-6-17-12)8-14-10-3-5-13-7-9(10)11(15)16/h3,5,7H,2,4,6,8H2,1H3,(H,13,14)(H,15,16). The molecule has 2 heterocycles. The van der Waals surface area contributed by atoms with E-state index in [2.05, 4.69) is 10.3 Å². The molecule has 1 unspecified atom stereocenters. The van der Waals surface area contributed by atoms with Crippen LogP contribution in [-0.4, -0.2) is 34.8 Å². The van der Waals surface area contributed by atoms with Crippen LogP contribution in [0, 0.1) is 0 Å². The molecule has 1 aromatic rings. The Morgan fingerprint density at radius 3 is 3.18 bits per heavy atom. The summed E-state index contributed by atoms with van der Waals surface area (Å²) in [5.74, 6) is -0.974. The zero-order valence-electron chi connectivity index (χ0n) is 9.77. The molecule has 0 aliphatic carbocycles. The van der Waals surface area contributed by atoms with Gasteiger partial charge in [-0.15, -0.1) is 0 Å². The Kier molecular flexibility index (Phi) is 3.28. The van der Waals surface area contributed by atoms with Gasteiger partial charge in [0.2, 0.25) is 0 Å². The van der Waals surface area contributed by atoms with Crippen molar-refractivity contribution in [1.29, 1.82) is 0 Å². The van der Waals surface area contributed by atoms with Crippen LogP contribution in [0.1, 0.15) is 30.1 Å². The lowest BCUT2D eigenvalue weighted by Crippen LogP contribution is -2.32. The molecule has 0 bridgehead atoms. The van der Waals surface area contributed by atoms with Gasteiger partial charge in [0, 0.05) is 25.5 Å². The van der Waals surface area contributed by atoms with E-state index in [4.69, 9.17) is 9.84 Å². The zero-order valence-corrected chi connectivity index (χ0v) is 9.77. The number of carbonyl (C=O) groups is 1. The Bertz CT molecular complexity index is 414. The fraction of sp³-hybridized carbons (Fsp3) is 0.500. The van der Waals surface area contributed by atoms with Gasteiger partial charge in [-0.3, -0.25) is 4.98 Å². The van der Waals surface area contributed by atoms with Crippen LogP contribution in [0.15, 0.2) is 18.5 Å². The van der Waals surface area contributed by atoms with Crippen molar-refractivity contribution in [3.63, 3.8) is 0 Å². The molecule has 5 nitrogen and oxygen atoms in total. The van der Waals surface area contributed by atoms with Gasteiger partial charge in [-0.25, -0.2) is 4.79 Å². The fourth-order valence-corrected chi connectivity index (χ4v) is 1.98. The molecule has 1 atom stereocenters. The highest BCUT2D eigenvalue weighted by Gasteiger charge is 2.29. The minimum absolute atomic E-state index is 0.189. The average molecular weight is 236 g/mol. The maximum atomic E-state index is 11.0. The number of rotatable bonds is 4. The van der Waals surface area contributed by atoms with E-state index in [9.17, 15) is 4.79 Å². The van der Waals surface area contributed by atoms with Gasteiger partial charge in [0.15, 0.2) is 0 Å². The number of anilines is 1. The molecule has 1 aromatic heterocycles. The molecule has 92 valence electrons. The first kappa shape index (κ1) is 11.9. The first-order valence-corrected chi connectivity index (χ1v) is 5.66. The lowest BCUT2D eigenvalue weighted by atomic mass is 10.0. The second kappa shape index (κ2) is 4.71. The molecule has 17 heavy (non-hydrogen) atoms. The lowest BCUT2D eigenvalue weighted by molar-refractivity contribution is 0.0314. The quantitative estimate of drug-likeness (QED) is 0.833. The molecule has 1 saturated heterocycles. The second-order valence-corrected chi connectivity index (χ2v) is 4.48. The smallest absolute Gasteiger partial charge is 0.339 e. The van der Waals surface area contributed by atoms with E-state index in [1.807, 2.05) is 6.92 Å². The molecule has 0 saturated carbocycles. The number of hydrogen-bond acceptors (Lipinski definition) is 4. The van der Waals surface area contributed by atoms with Crippen LogP contribution in [0.2, 0.25) is 0 Å². The van der Waals surface area contributed by atoms with Gasteiger partial charge in [0.1, 0.15) is 5.56 Å². The van der Waals surface area contributed by atoms with Crippen molar-refractivity contribution in [3.05, 3.63) is 24.0 Å². The number of nitrogens with zero attached hydrogens (tertiary/aromatic N) is 1. The Morgan fingerprint density at radius 1 is 1.71 bits per heavy atom. The molecule has 1 aliphatic rings. The maximum Gasteiger partial charge on any atom is 0.339 e. The van der Waals surface area contributed by atoms with Gasteiger partial charge in [0.25, 0.3) is 0 Å². The fourth-order valence-electron chi connectivity index (χ4n) is 1.98.